The number of aromatic nitrogens is 1. The van der Waals surface area contributed by atoms with E-state index in [-0.39, 0.29) is 24.3 Å². The lowest BCUT2D eigenvalue weighted by Crippen LogP contribution is -2.50. The van der Waals surface area contributed by atoms with Crippen LogP contribution in [-0.4, -0.2) is 23.0 Å². The molecule has 0 fully saturated rings. The van der Waals surface area contributed by atoms with Crippen molar-refractivity contribution < 1.29 is 14.1 Å². The Morgan fingerprint density at radius 1 is 1.07 bits per heavy atom. The van der Waals surface area contributed by atoms with Crippen molar-refractivity contribution in [3.05, 3.63) is 77.6 Å². The Kier molecular flexibility index (Phi) is 7.01. The molecule has 6 heteroatoms. The van der Waals surface area contributed by atoms with Gasteiger partial charge < -0.3 is 15.2 Å². The van der Waals surface area contributed by atoms with Crippen molar-refractivity contribution in [1.29, 1.82) is 0 Å². The van der Waals surface area contributed by atoms with Gasteiger partial charge >= 0.3 is 0 Å². The van der Waals surface area contributed by atoms with Gasteiger partial charge in [0, 0.05) is 17.2 Å². The molecule has 156 valence electrons. The Morgan fingerprint density at radius 2 is 1.77 bits per heavy atom. The van der Waals surface area contributed by atoms with Crippen molar-refractivity contribution in [3.63, 3.8) is 0 Å². The minimum absolute atomic E-state index is 0.0180. The quantitative estimate of drug-likeness (QED) is 0.591. The van der Waals surface area contributed by atoms with Gasteiger partial charge in [0.25, 0.3) is 5.91 Å². The number of rotatable bonds is 8. The minimum Gasteiger partial charge on any atom is -0.359 e. The highest BCUT2D eigenvalue weighted by molar-refractivity contribution is 5.97. The van der Waals surface area contributed by atoms with Crippen LogP contribution in [0.4, 0.5) is 0 Å². The molecule has 2 N–H and O–H groups in total. The fourth-order valence-corrected chi connectivity index (χ4v) is 3.06. The summed E-state index contributed by atoms with van der Waals surface area (Å²) in [5.74, 6) is 0.0195. The standard InChI is InChI=1S/C24H27N3O3/c1-4-17(3)22(26-23(28)19-8-6-5-7-9-19)24(29)25-15-20-14-21(27-30-20)18-12-10-16(2)11-13-18/h5-14,17,22H,4,15H2,1-3H3,(H,25,29)(H,26,28)/t17-,22+/m1/s1. The fraction of sp³-hybridized carbons (Fsp3) is 0.292. The molecule has 3 aromatic rings. The maximum absolute atomic E-state index is 12.8. The summed E-state index contributed by atoms with van der Waals surface area (Å²) >= 11 is 0. The van der Waals surface area contributed by atoms with Gasteiger partial charge in [-0.05, 0) is 25.0 Å². The van der Waals surface area contributed by atoms with Crippen LogP contribution in [0.2, 0.25) is 0 Å². The van der Waals surface area contributed by atoms with Crippen LogP contribution < -0.4 is 10.6 Å². The van der Waals surface area contributed by atoms with Crippen LogP contribution in [0.25, 0.3) is 11.3 Å². The molecule has 0 saturated heterocycles. The lowest BCUT2D eigenvalue weighted by Gasteiger charge is -2.23. The van der Waals surface area contributed by atoms with E-state index in [0.29, 0.717) is 11.3 Å². The van der Waals surface area contributed by atoms with E-state index in [4.69, 9.17) is 4.52 Å². The van der Waals surface area contributed by atoms with E-state index in [1.54, 1.807) is 24.3 Å². The Balaban J connectivity index is 1.63. The molecule has 0 unspecified atom stereocenters. The summed E-state index contributed by atoms with van der Waals surface area (Å²) < 4.78 is 5.36. The first-order valence-electron chi connectivity index (χ1n) is 10.1. The fourth-order valence-electron chi connectivity index (χ4n) is 3.06. The zero-order chi connectivity index (χ0) is 21.5. The predicted molar refractivity (Wildman–Crippen MR) is 116 cm³/mol. The molecule has 6 nitrogen and oxygen atoms in total. The second-order valence-electron chi connectivity index (χ2n) is 7.46. The van der Waals surface area contributed by atoms with Gasteiger partial charge in [0.1, 0.15) is 11.7 Å². The largest absolute Gasteiger partial charge is 0.359 e. The van der Waals surface area contributed by atoms with Crippen LogP contribution in [0, 0.1) is 12.8 Å². The van der Waals surface area contributed by atoms with Gasteiger partial charge in [-0.25, -0.2) is 0 Å². The highest BCUT2D eigenvalue weighted by atomic mass is 16.5. The van der Waals surface area contributed by atoms with E-state index in [1.165, 1.54) is 5.56 Å². The molecule has 2 amide bonds. The zero-order valence-corrected chi connectivity index (χ0v) is 17.5. The summed E-state index contributed by atoms with van der Waals surface area (Å²) in [4.78, 5) is 25.3. The Hall–Kier alpha value is -3.41. The van der Waals surface area contributed by atoms with Crippen LogP contribution in [0.5, 0.6) is 0 Å². The molecule has 3 rings (SSSR count). The molecule has 1 heterocycles. The average Bonchev–Trinajstić information content (AvgIpc) is 3.25. The van der Waals surface area contributed by atoms with Gasteiger partial charge in [0.05, 0.1) is 6.54 Å². The summed E-state index contributed by atoms with van der Waals surface area (Å²) in [5.41, 5.74) is 3.37. The third kappa shape index (κ3) is 5.35. The number of carbonyl (C=O) groups excluding carboxylic acids is 2. The van der Waals surface area contributed by atoms with Gasteiger partial charge in [0.2, 0.25) is 5.91 Å². The van der Waals surface area contributed by atoms with Gasteiger partial charge in [0.15, 0.2) is 5.76 Å². The number of hydrogen-bond acceptors (Lipinski definition) is 4. The van der Waals surface area contributed by atoms with Crippen LogP contribution in [0.3, 0.4) is 0 Å². The number of aryl methyl sites for hydroxylation is 1. The van der Waals surface area contributed by atoms with Crippen LogP contribution >= 0.6 is 0 Å². The molecule has 0 radical (unpaired) electrons. The molecule has 0 aliphatic rings. The second-order valence-corrected chi connectivity index (χ2v) is 7.46. The Bertz CT molecular complexity index is 980. The van der Waals surface area contributed by atoms with E-state index in [9.17, 15) is 9.59 Å². The second kappa shape index (κ2) is 9.87. The number of nitrogens with zero attached hydrogens (tertiary/aromatic N) is 1. The van der Waals surface area contributed by atoms with Crippen molar-refractivity contribution in [2.75, 3.05) is 0 Å². The third-order valence-corrected chi connectivity index (χ3v) is 5.16. The molecule has 0 spiro atoms. The molecule has 0 aliphatic heterocycles. The number of carbonyl (C=O) groups is 2. The molecule has 2 atom stereocenters. The number of benzene rings is 2. The summed E-state index contributed by atoms with van der Waals surface area (Å²) in [6.45, 7) is 6.16. The van der Waals surface area contributed by atoms with Crippen molar-refractivity contribution >= 4 is 11.8 Å². The van der Waals surface area contributed by atoms with Gasteiger partial charge in [-0.2, -0.15) is 0 Å². The number of nitrogens with one attached hydrogen (secondary N) is 2. The van der Waals surface area contributed by atoms with Crippen LogP contribution in [0.15, 0.2) is 65.2 Å². The van der Waals surface area contributed by atoms with E-state index in [2.05, 4.69) is 15.8 Å². The SMILES string of the molecule is CC[C@@H](C)[C@H](NC(=O)c1ccccc1)C(=O)NCc1cc(-c2ccc(C)cc2)no1. The van der Waals surface area contributed by atoms with Crippen molar-refractivity contribution in [2.24, 2.45) is 5.92 Å². The smallest absolute Gasteiger partial charge is 0.251 e. The molecular formula is C24H27N3O3. The predicted octanol–water partition coefficient (Wildman–Crippen LogP) is 4.11. The summed E-state index contributed by atoms with van der Waals surface area (Å²) in [5, 5.41) is 9.80. The summed E-state index contributed by atoms with van der Waals surface area (Å²) in [6.07, 6.45) is 0.757. The van der Waals surface area contributed by atoms with Gasteiger partial charge in [-0.1, -0.05) is 73.5 Å². The molecule has 0 saturated carbocycles. The lowest BCUT2D eigenvalue weighted by molar-refractivity contribution is -0.124. The molecule has 1 aromatic heterocycles. The maximum Gasteiger partial charge on any atom is 0.251 e. The van der Waals surface area contributed by atoms with Crippen molar-refractivity contribution in [1.82, 2.24) is 15.8 Å². The highest BCUT2D eigenvalue weighted by Crippen LogP contribution is 2.19. The maximum atomic E-state index is 12.8. The first kappa shape index (κ1) is 21.3. The molecule has 0 bridgehead atoms. The molecule has 2 aromatic carbocycles. The van der Waals surface area contributed by atoms with Crippen LogP contribution in [-0.2, 0) is 11.3 Å². The van der Waals surface area contributed by atoms with Crippen molar-refractivity contribution in [2.45, 2.75) is 39.8 Å². The first-order valence-corrected chi connectivity index (χ1v) is 10.1. The number of hydrogen-bond donors (Lipinski definition) is 2. The van der Waals surface area contributed by atoms with E-state index >= 15 is 0 Å². The van der Waals surface area contributed by atoms with Gasteiger partial charge in [-0.3, -0.25) is 9.59 Å². The van der Waals surface area contributed by atoms with Crippen molar-refractivity contribution in [3.8, 4) is 11.3 Å². The molecular weight excluding hydrogens is 378 g/mol. The highest BCUT2D eigenvalue weighted by Gasteiger charge is 2.26. The van der Waals surface area contributed by atoms with Crippen LogP contribution in [0.1, 0.15) is 41.9 Å². The summed E-state index contributed by atoms with van der Waals surface area (Å²) in [6, 6.07) is 18.0. The zero-order valence-electron chi connectivity index (χ0n) is 17.5. The Morgan fingerprint density at radius 3 is 2.43 bits per heavy atom. The van der Waals surface area contributed by atoms with E-state index in [1.807, 2.05) is 57.2 Å². The molecule has 30 heavy (non-hydrogen) atoms. The van der Waals surface area contributed by atoms with E-state index in [0.717, 1.165) is 17.7 Å². The normalized spacial score (nSPS) is 12.8. The van der Waals surface area contributed by atoms with Gasteiger partial charge in [-0.15, -0.1) is 0 Å². The monoisotopic (exact) mass is 405 g/mol. The third-order valence-electron chi connectivity index (χ3n) is 5.16. The number of amides is 2. The first-order chi connectivity index (χ1) is 14.5. The Labute approximate surface area is 176 Å². The summed E-state index contributed by atoms with van der Waals surface area (Å²) in [7, 11) is 0. The average molecular weight is 405 g/mol. The minimum atomic E-state index is -0.637. The van der Waals surface area contributed by atoms with E-state index < -0.39 is 6.04 Å². The molecule has 0 aliphatic carbocycles. The lowest BCUT2D eigenvalue weighted by atomic mass is 9.97. The topological polar surface area (TPSA) is 84.2 Å².